The summed E-state index contributed by atoms with van der Waals surface area (Å²) >= 11 is 7.43. The third-order valence-corrected chi connectivity index (χ3v) is 3.94. The average Bonchev–Trinajstić information content (AvgIpc) is 2.86. The van der Waals surface area contributed by atoms with E-state index in [1.54, 1.807) is 30.6 Å². The minimum absolute atomic E-state index is 0.502. The number of benzene rings is 1. The van der Waals surface area contributed by atoms with E-state index in [-0.39, 0.29) is 0 Å². The van der Waals surface area contributed by atoms with Gasteiger partial charge in [0.2, 0.25) is 5.91 Å². The predicted octanol–water partition coefficient (Wildman–Crippen LogP) is 2.61. The number of hydrogen-bond acceptors (Lipinski definition) is 4. The minimum Gasteiger partial charge on any atom is -0.367 e. The van der Waals surface area contributed by atoms with E-state index >= 15 is 0 Å². The number of nitrogens with one attached hydrogen (secondary N) is 1. The lowest BCUT2D eigenvalue weighted by Crippen LogP contribution is -2.45. The molecule has 0 radical (unpaired) electrons. The fourth-order valence-corrected chi connectivity index (χ4v) is 2.47. The van der Waals surface area contributed by atoms with Gasteiger partial charge >= 0.3 is 0 Å². The molecule has 0 saturated heterocycles. The van der Waals surface area contributed by atoms with Crippen molar-refractivity contribution in [2.45, 2.75) is 12.5 Å². The van der Waals surface area contributed by atoms with Crippen molar-refractivity contribution >= 4 is 34.5 Å². The van der Waals surface area contributed by atoms with Gasteiger partial charge in [-0.15, -0.1) is 11.3 Å². The van der Waals surface area contributed by atoms with Gasteiger partial charge in [-0.3, -0.25) is 4.79 Å². The molecule has 1 aromatic heterocycles. The molecule has 1 atom stereocenters. The summed E-state index contributed by atoms with van der Waals surface area (Å²) in [5.41, 5.74) is 5.06. The highest BCUT2D eigenvalue weighted by molar-refractivity contribution is 7.09. The van der Waals surface area contributed by atoms with Gasteiger partial charge in [0.1, 0.15) is 5.01 Å². The first-order chi connectivity index (χ1) is 8.54. The molecule has 0 bridgehead atoms. The number of anilines is 1. The number of rotatable bonds is 4. The van der Waals surface area contributed by atoms with Crippen molar-refractivity contribution in [2.75, 3.05) is 5.32 Å². The van der Waals surface area contributed by atoms with E-state index in [1.165, 1.54) is 11.3 Å². The molecule has 94 valence electrons. The Morgan fingerprint density at radius 2 is 2.22 bits per heavy atom. The zero-order valence-corrected chi connectivity index (χ0v) is 11.3. The van der Waals surface area contributed by atoms with E-state index in [1.807, 2.05) is 12.1 Å². The molecule has 6 heteroatoms. The lowest BCUT2D eigenvalue weighted by Gasteiger charge is -2.26. The summed E-state index contributed by atoms with van der Waals surface area (Å²) in [5.74, 6) is -0.502. The minimum atomic E-state index is -1.07. The zero-order chi connectivity index (χ0) is 13.2. The van der Waals surface area contributed by atoms with Crippen molar-refractivity contribution in [1.29, 1.82) is 0 Å². The molecule has 0 saturated carbocycles. The van der Waals surface area contributed by atoms with Gasteiger partial charge in [-0.05, 0) is 19.1 Å². The second-order valence-corrected chi connectivity index (χ2v) is 5.23. The van der Waals surface area contributed by atoms with Crippen LogP contribution < -0.4 is 11.1 Å². The van der Waals surface area contributed by atoms with Crippen LogP contribution in [0.4, 0.5) is 5.69 Å². The molecule has 18 heavy (non-hydrogen) atoms. The third kappa shape index (κ3) is 2.32. The van der Waals surface area contributed by atoms with E-state index in [2.05, 4.69) is 10.3 Å². The number of carbonyl (C=O) groups excluding carboxylic acids is 1. The average molecular weight is 282 g/mol. The fourth-order valence-electron chi connectivity index (χ4n) is 1.52. The van der Waals surface area contributed by atoms with Gasteiger partial charge in [0.15, 0.2) is 5.54 Å². The first-order valence-corrected chi connectivity index (χ1v) is 6.52. The molecule has 1 aromatic carbocycles. The van der Waals surface area contributed by atoms with Crippen LogP contribution in [-0.2, 0) is 10.3 Å². The molecule has 1 heterocycles. The molecule has 3 N–H and O–H groups in total. The first-order valence-electron chi connectivity index (χ1n) is 5.26. The molecule has 1 amide bonds. The van der Waals surface area contributed by atoms with Crippen molar-refractivity contribution in [2.24, 2.45) is 5.73 Å². The fraction of sp³-hybridized carbons (Fsp3) is 0.167. The predicted molar refractivity (Wildman–Crippen MR) is 73.7 cm³/mol. The Morgan fingerprint density at radius 3 is 2.78 bits per heavy atom. The Kier molecular flexibility index (Phi) is 3.54. The Balaban J connectivity index is 2.39. The van der Waals surface area contributed by atoms with Gasteiger partial charge in [0, 0.05) is 11.6 Å². The molecule has 0 aliphatic carbocycles. The van der Waals surface area contributed by atoms with E-state index < -0.39 is 11.4 Å². The highest BCUT2D eigenvalue weighted by atomic mass is 35.5. The molecular formula is C12H12ClN3OS. The second kappa shape index (κ2) is 4.96. The van der Waals surface area contributed by atoms with Crippen molar-refractivity contribution < 1.29 is 4.79 Å². The summed E-state index contributed by atoms with van der Waals surface area (Å²) in [5, 5.41) is 6.00. The van der Waals surface area contributed by atoms with Crippen LogP contribution in [0.3, 0.4) is 0 Å². The molecule has 0 aliphatic heterocycles. The van der Waals surface area contributed by atoms with E-state index in [0.29, 0.717) is 15.7 Å². The third-order valence-electron chi connectivity index (χ3n) is 2.61. The largest absolute Gasteiger partial charge is 0.367 e. The topological polar surface area (TPSA) is 68.0 Å². The van der Waals surface area contributed by atoms with Crippen molar-refractivity contribution in [3.8, 4) is 0 Å². The normalized spacial score (nSPS) is 13.9. The Hall–Kier alpha value is -1.59. The van der Waals surface area contributed by atoms with Crippen molar-refractivity contribution in [3.05, 3.63) is 45.9 Å². The smallest absolute Gasteiger partial charge is 0.249 e. The monoisotopic (exact) mass is 281 g/mol. The number of amides is 1. The number of halogens is 1. The summed E-state index contributed by atoms with van der Waals surface area (Å²) in [4.78, 5) is 15.9. The summed E-state index contributed by atoms with van der Waals surface area (Å²) in [7, 11) is 0. The van der Waals surface area contributed by atoms with Crippen LogP contribution >= 0.6 is 22.9 Å². The Morgan fingerprint density at radius 1 is 1.50 bits per heavy atom. The van der Waals surface area contributed by atoms with Crippen LogP contribution in [-0.4, -0.2) is 10.9 Å². The maximum absolute atomic E-state index is 11.7. The molecular weight excluding hydrogens is 270 g/mol. The summed E-state index contributed by atoms with van der Waals surface area (Å²) < 4.78 is 0. The van der Waals surface area contributed by atoms with Crippen LogP contribution in [0.25, 0.3) is 0 Å². The van der Waals surface area contributed by atoms with Crippen LogP contribution in [0.2, 0.25) is 5.02 Å². The lowest BCUT2D eigenvalue weighted by molar-refractivity contribution is -0.122. The highest BCUT2D eigenvalue weighted by Crippen LogP contribution is 2.30. The molecule has 2 rings (SSSR count). The lowest BCUT2D eigenvalue weighted by atomic mass is 10.0. The van der Waals surface area contributed by atoms with Crippen molar-refractivity contribution in [3.63, 3.8) is 0 Å². The van der Waals surface area contributed by atoms with Gasteiger partial charge in [-0.1, -0.05) is 23.7 Å². The van der Waals surface area contributed by atoms with Gasteiger partial charge in [-0.25, -0.2) is 4.98 Å². The van der Waals surface area contributed by atoms with Gasteiger partial charge in [0.25, 0.3) is 0 Å². The maximum Gasteiger partial charge on any atom is 0.249 e. The highest BCUT2D eigenvalue weighted by Gasteiger charge is 2.36. The molecule has 0 fully saturated rings. The molecule has 1 unspecified atom stereocenters. The quantitative estimate of drug-likeness (QED) is 0.905. The summed E-state index contributed by atoms with van der Waals surface area (Å²) in [6.45, 7) is 1.69. The number of nitrogens with two attached hydrogens (primary N) is 1. The van der Waals surface area contributed by atoms with Crippen LogP contribution in [0.15, 0.2) is 35.8 Å². The van der Waals surface area contributed by atoms with E-state index in [0.717, 1.165) is 0 Å². The van der Waals surface area contributed by atoms with E-state index in [4.69, 9.17) is 17.3 Å². The number of thiazole rings is 1. The van der Waals surface area contributed by atoms with Gasteiger partial charge in [0.05, 0.1) is 10.7 Å². The standard InChI is InChI=1S/C12H12ClN3OS/c1-12(10(14)17,11-15-6-7-18-11)16-9-5-3-2-4-8(9)13/h2-7,16H,1H3,(H2,14,17). The van der Waals surface area contributed by atoms with Gasteiger partial charge in [-0.2, -0.15) is 0 Å². The molecule has 2 aromatic rings. The first kappa shape index (κ1) is 12.9. The number of nitrogens with zero attached hydrogens (tertiary/aromatic N) is 1. The summed E-state index contributed by atoms with van der Waals surface area (Å²) in [6.07, 6.45) is 1.63. The van der Waals surface area contributed by atoms with Crippen LogP contribution in [0.5, 0.6) is 0 Å². The zero-order valence-electron chi connectivity index (χ0n) is 9.68. The Bertz CT molecular complexity index is 558. The second-order valence-electron chi connectivity index (χ2n) is 3.93. The number of aromatic nitrogens is 1. The van der Waals surface area contributed by atoms with Crippen LogP contribution in [0, 0.1) is 0 Å². The van der Waals surface area contributed by atoms with Crippen LogP contribution in [0.1, 0.15) is 11.9 Å². The van der Waals surface area contributed by atoms with E-state index in [9.17, 15) is 4.79 Å². The summed E-state index contributed by atoms with van der Waals surface area (Å²) in [6, 6.07) is 7.18. The SMILES string of the molecule is CC(Nc1ccccc1Cl)(C(N)=O)c1nccs1. The number of primary amides is 1. The molecule has 4 nitrogen and oxygen atoms in total. The Labute approximate surface area is 114 Å². The van der Waals surface area contributed by atoms with Crippen molar-refractivity contribution in [1.82, 2.24) is 4.98 Å². The number of hydrogen-bond donors (Lipinski definition) is 2. The molecule has 0 spiro atoms. The maximum atomic E-state index is 11.7. The number of carbonyl (C=O) groups is 1. The van der Waals surface area contributed by atoms with Gasteiger partial charge < -0.3 is 11.1 Å². The molecule has 0 aliphatic rings. The number of para-hydroxylation sites is 1.